The number of aliphatic hydroxyl groups excluding tert-OH is 1. The Morgan fingerprint density at radius 2 is 1.86 bits per heavy atom. The van der Waals surface area contributed by atoms with E-state index in [2.05, 4.69) is 9.68 Å². The van der Waals surface area contributed by atoms with E-state index in [1.54, 1.807) is 31.3 Å². The Balaban J connectivity index is 2.30. The molecule has 0 saturated carbocycles. The summed E-state index contributed by atoms with van der Waals surface area (Å²) in [5.74, 6) is -1.11. The molecule has 22 heavy (non-hydrogen) atoms. The van der Waals surface area contributed by atoms with Gasteiger partial charge in [0.05, 0.1) is 7.11 Å². The van der Waals surface area contributed by atoms with Gasteiger partial charge in [-0.05, 0) is 12.5 Å². The van der Waals surface area contributed by atoms with E-state index in [0.717, 1.165) is 0 Å². The summed E-state index contributed by atoms with van der Waals surface area (Å²) in [5, 5.41) is 14.7. The molecule has 5 nitrogen and oxygen atoms in total. The van der Waals surface area contributed by atoms with Crippen LogP contribution in [0.15, 0.2) is 28.8 Å². The Morgan fingerprint density at radius 3 is 2.32 bits per heavy atom. The molecule has 2 rings (SSSR count). The van der Waals surface area contributed by atoms with E-state index in [1.165, 1.54) is 19.1 Å². The Hall–Kier alpha value is -1.90. The number of hydroxylamine groups is 2. The van der Waals surface area contributed by atoms with Crippen LogP contribution in [0.1, 0.15) is 23.1 Å². The second-order valence-corrected chi connectivity index (χ2v) is 4.71. The van der Waals surface area contributed by atoms with Gasteiger partial charge >= 0.3 is 6.18 Å². The van der Waals surface area contributed by atoms with Gasteiger partial charge < -0.3 is 9.63 Å². The summed E-state index contributed by atoms with van der Waals surface area (Å²) >= 11 is 0. The molecular formula is C14H15F3N2O3. The molecule has 0 aliphatic carbocycles. The molecule has 0 radical (unpaired) electrons. The summed E-state index contributed by atoms with van der Waals surface area (Å²) in [7, 11) is 2.96. The minimum Gasteiger partial charge on any atom is -0.372 e. The molecule has 1 N–H and O–H groups in total. The smallest absolute Gasteiger partial charge is 0.372 e. The number of aromatic nitrogens is 1. The van der Waals surface area contributed by atoms with E-state index in [1.807, 2.05) is 0 Å². The highest BCUT2D eigenvalue weighted by molar-refractivity contribution is 5.63. The van der Waals surface area contributed by atoms with Gasteiger partial charge in [0.1, 0.15) is 5.69 Å². The molecule has 0 amide bonds. The predicted octanol–water partition coefficient (Wildman–Crippen LogP) is 3.15. The van der Waals surface area contributed by atoms with Crippen LogP contribution in [0.4, 0.5) is 13.2 Å². The lowest BCUT2D eigenvalue weighted by Gasteiger charge is -2.20. The summed E-state index contributed by atoms with van der Waals surface area (Å²) in [5.41, 5.74) is 1.04. The van der Waals surface area contributed by atoms with Gasteiger partial charge in [0, 0.05) is 18.2 Å². The number of aliphatic hydroxyl groups is 1. The van der Waals surface area contributed by atoms with E-state index >= 15 is 0 Å². The lowest BCUT2D eigenvalue weighted by molar-refractivity contribution is -0.206. The highest BCUT2D eigenvalue weighted by atomic mass is 19.4. The molecular weight excluding hydrogens is 301 g/mol. The van der Waals surface area contributed by atoms with Gasteiger partial charge in [-0.15, -0.1) is 0 Å². The molecule has 1 atom stereocenters. The first-order valence-corrected chi connectivity index (χ1v) is 6.34. The highest BCUT2D eigenvalue weighted by Crippen LogP contribution is 2.36. The summed E-state index contributed by atoms with van der Waals surface area (Å²) in [6.45, 7) is 1.30. The number of rotatable bonds is 4. The fourth-order valence-electron chi connectivity index (χ4n) is 1.99. The molecule has 120 valence electrons. The maximum Gasteiger partial charge on any atom is 0.452 e. The van der Waals surface area contributed by atoms with E-state index < -0.39 is 18.2 Å². The van der Waals surface area contributed by atoms with Crippen molar-refractivity contribution in [3.63, 3.8) is 0 Å². The van der Waals surface area contributed by atoms with Crippen LogP contribution in [0.3, 0.4) is 0 Å². The zero-order chi connectivity index (χ0) is 16.5. The Kier molecular flexibility index (Phi) is 4.55. The average molecular weight is 316 g/mol. The van der Waals surface area contributed by atoms with Gasteiger partial charge in [0.25, 0.3) is 0 Å². The van der Waals surface area contributed by atoms with Crippen molar-refractivity contribution in [3.8, 4) is 11.3 Å². The molecule has 0 aliphatic rings. The normalized spacial score (nSPS) is 13.6. The number of hydrogen-bond acceptors (Lipinski definition) is 5. The molecule has 1 heterocycles. The number of benzene rings is 1. The molecule has 0 bridgehead atoms. The second-order valence-electron chi connectivity index (χ2n) is 4.71. The minimum atomic E-state index is -4.58. The van der Waals surface area contributed by atoms with Gasteiger partial charge in [-0.2, -0.15) is 18.2 Å². The molecule has 0 spiro atoms. The van der Waals surface area contributed by atoms with Gasteiger partial charge in [-0.3, -0.25) is 4.84 Å². The zero-order valence-electron chi connectivity index (χ0n) is 12.2. The van der Waals surface area contributed by atoms with Crippen LogP contribution >= 0.6 is 0 Å². The van der Waals surface area contributed by atoms with Crippen LogP contribution in [-0.4, -0.2) is 29.5 Å². The van der Waals surface area contributed by atoms with Crippen LogP contribution in [0.25, 0.3) is 11.3 Å². The zero-order valence-corrected chi connectivity index (χ0v) is 12.2. The number of alkyl halides is 3. The molecule has 0 fully saturated rings. The number of halogens is 3. The maximum atomic E-state index is 12.7. The molecule has 1 unspecified atom stereocenters. The van der Waals surface area contributed by atoms with Crippen molar-refractivity contribution in [2.75, 3.05) is 14.2 Å². The topological polar surface area (TPSA) is 58.7 Å². The summed E-state index contributed by atoms with van der Waals surface area (Å²) < 4.78 is 42.5. The molecule has 1 aromatic heterocycles. The monoisotopic (exact) mass is 316 g/mol. The molecule has 8 heteroatoms. The predicted molar refractivity (Wildman–Crippen MR) is 71.4 cm³/mol. The highest BCUT2D eigenvalue weighted by Gasteiger charge is 2.39. The van der Waals surface area contributed by atoms with Crippen LogP contribution in [0.2, 0.25) is 0 Å². The van der Waals surface area contributed by atoms with E-state index in [0.29, 0.717) is 11.1 Å². The van der Waals surface area contributed by atoms with Gasteiger partial charge in [0.2, 0.25) is 5.76 Å². The quantitative estimate of drug-likeness (QED) is 0.693. The molecule has 0 aliphatic heterocycles. The summed E-state index contributed by atoms with van der Waals surface area (Å²) in [6.07, 6.45) is -5.56. The Morgan fingerprint density at radius 1 is 1.27 bits per heavy atom. The standard InChI is InChI=1S/C14H15F3N2O3/c1-8-11(18-22-12(8)14(15,16)17)9-4-6-10(7-5-9)13(20)19(2)21-3/h4-7,13,20H,1-3H3. The summed E-state index contributed by atoms with van der Waals surface area (Å²) in [4.78, 5) is 4.87. The van der Waals surface area contributed by atoms with Crippen molar-refractivity contribution in [2.24, 2.45) is 0 Å². The first kappa shape index (κ1) is 16.5. The minimum absolute atomic E-state index is 0.0743. The van der Waals surface area contributed by atoms with Crippen molar-refractivity contribution >= 4 is 0 Å². The lowest BCUT2D eigenvalue weighted by atomic mass is 10.0. The van der Waals surface area contributed by atoms with Crippen LogP contribution in [-0.2, 0) is 11.0 Å². The number of hydrogen-bond donors (Lipinski definition) is 1. The molecule has 1 aromatic carbocycles. The largest absolute Gasteiger partial charge is 0.452 e. The third kappa shape index (κ3) is 3.13. The number of nitrogens with zero attached hydrogens (tertiary/aromatic N) is 2. The third-order valence-corrected chi connectivity index (χ3v) is 3.30. The maximum absolute atomic E-state index is 12.7. The van der Waals surface area contributed by atoms with Crippen molar-refractivity contribution in [1.82, 2.24) is 10.2 Å². The second kappa shape index (κ2) is 6.07. The first-order valence-electron chi connectivity index (χ1n) is 6.34. The van der Waals surface area contributed by atoms with Crippen LogP contribution in [0.5, 0.6) is 0 Å². The van der Waals surface area contributed by atoms with Crippen molar-refractivity contribution in [3.05, 3.63) is 41.2 Å². The van der Waals surface area contributed by atoms with Crippen molar-refractivity contribution < 1.29 is 27.6 Å². The summed E-state index contributed by atoms with van der Waals surface area (Å²) in [6, 6.07) is 6.29. The van der Waals surface area contributed by atoms with Crippen molar-refractivity contribution in [2.45, 2.75) is 19.3 Å². The van der Waals surface area contributed by atoms with E-state index in [9.17, 15) is 18.3 Å². The fourth-order valence-corrected chi connectivity index (χ4v) is 1.99. The van der Waals surface area contributed by atoms with Gasteiger partial charge in [-0.1, -0.05) is 29.4 Å². The van der Waals surface area contributed by atoms with Crippen LogP contribution in [0, 0.1) is 6.92 Å². The SMILES string of the molecule is CON(C)C(O)c1ccc(-c2noc(C(F)(F)F)c2C)cc1. The van der Waals surface area contributed by atoms with Crippen LogP contribution < -0.4 is 0 Å². The third-order valence-electron chi connectivity index (χ3n) is 3.30. The Labute approximate surface area is 124 Å². The van der Waals surface area contributed by atoms with E-state index in [4.69, 9.17) is 4.84 Å². The first-order chi connectivity index (χ1) is 10.3. The van der Waals surface area contributed by atoms with Gasteiger partial charge in [-0.25, -0.2) is 0 Å². The Bertz CT molecular complexity index is 638. The molecule has 0 saturated heterocycles. The fraction of sp³-hybridized carbons (Fsp3) is 0.357. The van der Waals surface area contributed by atoms with Crippen molar-refractivity contribution in [1.29, 1.82) is 0 Å². The lowest BCUT2D eigenvalue weighted by Crippen LogP contribution is -2.22. The average Bonchev–Trinajstić information content (AvgIpc) is 2.87. The van der Waals surface area contributed by atoms with E-state index in [-0.39, 0.29) is 11.3 Å². The molecule has 2 aromatic rings. The van der Waals surface area contributed by atoms with Gasteiger partial charge in [0.15, 0.2) is 6.23 Å².